The van der Waals surface area contributed by atoms with Gasteiger partial charge in [-0.3, -0.25) is 14.6 Å². The van der Waals surface area contributed by atoms with Gasteiger partial charge in [0.2, 0.25) is 0 Å². The largest absolute Gasteiger partial charge is 0.481 e. The molecule has 0 aliphatic carbocycles. The van der Waals surface area contributed by atoms with Crippen molar-refractivity contribution < 1.29 is 19.4 Å². The normalized spacial score (nSPS) is 17.1. The lowest BCUT2D eigenvalue weighted by molar-refractivity contribution is -0.137. The van der Waals surface area contributed by atoms with E-state index in [9.17, 15) is 9.59 Å². The van der Waals surface area contributed by atoms with Gasteiger partial charge in [-0.2, -0.15) is 0 Å². The Kier molecular flexibility index (Phi) is 5.05. The molecule has 1 amide bonds. The minimum absolute atomic E-state index is 0.0225. The smallest absolute Gasteiger partial charge is 0.305 e. The van der Waals surface area contributed by atoms with Gasteiger partial charge in [0, 0.05) is 37.5 Å². The molecule has 6 nitrogen and oxygen atoms in total. The van der Waals surface area contributed by atoms with Gasteiger partial charge in [-0.05, 0) is 18.2 Å². The maximum Gasteiger partial charge on any atom is 0.305 e. The number of amides is 1. The standard InChI is InChI=1S/C18H20N2O4/c21-17(22)7-8-20(12-14-5-3-9-24-14)18(23)16-11-19-10-13-4-1-2-6-15(13)16/h1-2,4,6,10-11,14H,3,5,7-9,12H2,(H,21,22). The van der Waals surface area contributed by atoms with Gasteiger partial charge in [0.15, 0.2) is 0 Å². The van der Waals surface area contributed by atoms with E-state index in [-0.39, 0.29) is 25.0 Å². The van der Waals surface area contributed by atoms with Gasteiger partial charge in [-0.1, -0.05) is 24.3 Å². The second-order valence-electron chi connectivity index (χ2n) is 5.94. The van der Waals surface area contributed by atoms with E-state index in [2.05, 4.69) is 4.98 Å². The molecule has 126 valence electrons. The average Bonchev–Trinajstić information content (AvgIpc) is 3.10. The second kappa shape index (κ2) is 7.40. The van der Waals surface area contributed by atoms with Gasteiger partial charge in [-0.15, -0.1) is 0 Å². The van der Waals surface area contributed by atoms with E-state index >= 15 is 0 Å². The molecule has 1 saturated heterocycles. The van der Waals surface area contributed by atoms with Crippen molar-refractivity contribution in [2.75, 3.05) is 19.7 Å². The number of carbonyl (C=O) groups excluding carboxylic acids is 1. The summed E-state index contributed by atoms with van der Waals surface area (Å²) >= 11 is 0. The number of carbonyl (C=O) groups is 2. The third kappa shape index (κ3) is 3.71. The van der Waals surface area contributed by atoms with E-state index in [1.54, 1.807) is 17.3 Å². The zero-order valence-corrected chi connectivity index (χ0v) is 13.4. The summed E-state index contributed by atoms with van der Waals surface area (Å²) in [6.07, 6.45) is 5.02. The summed E-state index contributed by atoms with van der Waals surface area (Å²) < 4.78 is 5.61. The minimum atomic E-state index is -0.920. The lowest BCUT2D eigenvalue weighted by atomic mass is 10.1. The van der Waals surface area contributed by atoms with Gasteiger partial charge in [0.1, 0.15) is 0 Å². The fourth-order valence-electron chi connectivity index (χ4n) is 3.00. The number of pyridine rings is 1. The Bertz CT molecular complexity index is 735. The molecular weight excluding hydrogens is 308 g/mol. The van der Waals surface area contributed by atoms with Crippen LogP contribution in [0.1, 0.15) is 29.6 Å². The molecule has 1 aliphatic heterocycles. The molecule has 2 aromatic rings. The molecule has 1 atom stereocenters. The van der Waals surface area contributed by atoms with E-state index in [4.69, 9.17) is 9.84 Å². The van der Waals surface area contributed by atoms with Crippen LogP contribution in [0.2, 0.25) is 0 Å². The van der Waals surface area contributed by atoms with Crippen molar-refractivity contribution in [2.24, 2.45) is 0 Å². The van der Waals surface area contributed by atoms with Crippen molar-refractivity contribution in [3.63, 3.8) is 0 Å². The summed E-state index contributed by atoms with van der Waals surface area (Å²) in [5.41, 5.74) is 0.497. The van der Waals surface area contributed by atoms with Gasteiger partial charge in [0.05, 0.1) is 18.1 Å². The van der Waals surface area contributed by atoms with E-state index < -0.39 is 5.97 Å². The first-order valence-electron chi connectivity index (χ1n) is 8.10. The lowest BCUT2D eigenvalue weighted by Crippen LogP contribution is -2.39. The van der Waals surface area contributed by atoms with Crippen LogP contribution in [0.15, 0.2) is 36.7 Å². The maximum absolute atomic E-state index is 13.0. The number of carboxylic acid groups (broad SMARTS) is 1. The molecule has 1 aromatic carbocycles. The van der Waals surface area contributed by atoms with Crippen molar-refractivity contribution in [2.45, 2.75) is 25.4 Å². The van der Waals surface area contributed by atoms with Crippen LogP contribution < -0.4 is 0 Å². The summed E-state index contributed by atoms with van der Waals surface area (Å²) in [4.78, 5) is 29.7. The number of hydrogen-bond acceptors (Lipinski definition) is 4. The van der Waals surface area contributed by atoms with Crippen LogP contribution in [-0.4, -0.2) is 52.7 Å². The highest BCUT2D eigenvalue weighted by atomic mass is 16.5. The average molecular weight is 328 g/mol. The number of rotatable bonds is 6. The van der Waals surface area contributed by atoms with Crippen molar-refractivity contribution in [1.82, 2.24) is 9.88 Å². The van der Waals surface area contributed by atoms with E-state index in [1.807, 2.05) is 24.3 Å². The molecule has 2 heterocycles. The van der Waals surface area contributed by atoms with Crippen LogP contribution >= 0.6 is 0 Å². The van der Waals surface area contributed by atoms with Gasteiger partial charge < -0.3 is 14.7 Å². The van der Waals surface area contributed by atoms with Gasteiger partial charge in [0.25, 0.3) is 5.91 Å². The Hall–Kier alpha value is -2.47. The molecule has 0 radical (unpaired) electrons. The second-order valence-corrected chi connectivity index (χ2v) is 5.94. The van der Waals surface area contributed by atoms with Gasteiger partial charge in [-0.25, -0.2) is 0 Å². The van der Waals surface area contributed by atoms with Crippen LogP contribution in [-0.2, 0) is 9.53 Å². The summed E-state index contributed by atoms with van der Waals surface area (Å²) in [6, 6.07) is 7.56. The predicted octanol–water partition coefficient (Wildman–Crippen LogP) is 2.33. The fourth-order valence-corrected chi connectivity index (χ4v) is 3.00. The molecule has 6 heteroatoms. The van der Waals surface area contributed by atoms with Crippen LogP contribution in [0.4, 0.5) is 0 Å². The molecule has 0 saturated carbocycles. The highest BCUT2D eigenvalue weighted by Gasteiger charge is 2.25. The third-order valence-electron chi connectivity index (χ3n) is 4.23. The zero-order chi connectivity index (χ0) is 16.9. The number of nitrogens with zero attached hydrogens (tertiary/aromatic N) is 2. The molecule has 0 spiro atoms. The SMILES string of the molecule is O=C(O)CCN(CC1CCCO1)C(=O)c1cncc2ccccc12. The van der Waals surface area contributed by atoms with Crippen molar-refractivity contribution in [3.8, 4) is 0 Å². The summed E-state index contributed by atoms with van der Waals surface area (Å²) in [7, 11) is 0. The van der Waals surface area contributed by atoms with Crippen molar-refractivity contribution in [1.29, 1.82) is 0 Å². The zero-order valence-electron chi connectivity index (χ0n) is 13.4. The van der Waals surface area contributed by atoms with E-state index in [0.717, 1.165) is 23.6 Å². The Morgan fingerprint density at radius 2 is 2.12 bits per heavy atom. The first-order chi connectivity index (χ1) is 11.6. The lowest BCUT2D eigenvalue weighted by Gasteiger charge is -2.25. The van der Waals surface area contributed by atoms with Crippen molar-refractivity contribution >= 4 is 22.6 Å². The van der Waals surface area contributed by atoms with E-state index in [1.165, 1.54) is 0 Å². The summed E-state index contributed by atoms with van der Waals surface area (Å²) in [5.74, 6) is -1.12. The molecule has 1 fully saturated rings. The monoisotopic (exact) mass is 328 g/mol. The number of hydrogen-bond donors (Lipinski definition) is 1. The number of ether oxygens (including phenoxy) is 1. The van der Waals surface area contributed by atoms with Crippen LogP contribution in [0.25, 0.3) is 10.8 Å². The fraction of sp³-hybridized carbons (Fsp3) is 0.389. The summed E-state index contributed by atoms with van der Waals surface area (Å²) in [5, 5.41) is 10.7. The Morgan fingerprint density at radius 3 is 2.88 bits per heavy atom. The Balaban J connectivity index is 1.86. The highest BCUT2D eigenvalue weighted by molar-refractivity contribution is 6.06. The van der Waals surface area contributed by atoms with Crippen LogP contribution in [0.3, 0.4) is 0 Å². The van der Waals surface area contributed by atoms with Crippen molar-refractivity contribution in [3.05, 3.63) is 42.2 Å². The minimum Gasteiger partial charge on any atom is -0.481 e. The third-order valence-corrected chi connectivity index (χ3v) is 4.23. The molecule has 1 unspecified atom stereocenters. The summed E-state index contributed by atoms with van der Waals surface area (Å²) in [6.45, 7) is 1.27. The van der Waals surface area contributed by atoms with E-state index in [0.29, 0.717) is 18.7 Å². The van der Waals surface area contributed by atoms with Crippen LogP contribution in [0, 0.1) is 0 Å². The molecule has 24 heavy (non-hydrogen) atoms. The molecule has 1 N–H and O–H groups in total. The molecule has 1 aromatic heterocycles. The molecule has 3 rings (SSSR count). The number of benzene rings is 1. The molecular formula is C18H20N2O4. The maximum atomic E-state index is 13.0. The number of aromatic nitrogens is 1. The quantitative estimate of drug-likeness (QED) is 0.880. The highest BCUT2D eigenvalue weighted by Crippen LogP contribution is 2.20. The first-order valence-corrected chi connectivity index (χ1v) is 8.10. The Morgan fingerprint density at radius 1 is 1.29 bits per heavy atom. The molecule has 1 aliphatic rings. The Labute approximate surface area is 140 Å². The molecule has 0 bridgehead atoms. The van der Waals surface area contributed by atoms with Crippen LogP contribution in [0.5, 0.6) is 0 Å². The van der Waals surface area contributed by atoms with Gasteiger partial charge >= 0.3 is 5.97 Å². The number of aliphatic carboxylic acids is 1. The predicted molar refractivity (Wildman–Crippen MR) is 88.9 cm³/mol. The number of carboxylic acids is 1. The first kappa shape index (κ1) is 16.4. The number of fused-ring (bicyclic) bond motifs is 1. The topological polar surface area (TPSA) is 79.7 Å².